The van der Waals surface area contributed by atoms with Gasteiger partial charge in [-0.2, -0.15) is 0 Å². The van der Waals surface area contributed by atoms with E-state index in [4.69, 9.17) is 0 Å². The van der Waals surface area contributed by atoms with E-state index < -0.39 is 84.4 Å². The number of para-hydroxylation sites is 4. The van der Waals surface area contributed by atoms with Crippen LogP contribution in [0.15, 0.2) is 121 Å². The molecule has 336 valence electrons. The second-order valence-corrected chi connectivity index (χ2v) is 26.1. The molecule has 63 heavy (non-hydrogen) atoms. The van der Waals surface area contributed by atoms with Crippen LogP contribution >= 0.6 is 60.8 Å². The molecule has 0 aliphatic carbocycles. The Balaban J connectivity index is -0.000000750. The van der Waals surface area contributed by atoms with Gasteiger partial charge in [0.25, 0.3) is 0 Å². The van der Waals surface area contributed by atoms with E-state index in [1.165, 1.54) is 97.1 Å². The number of hydrogen-bond acceptors (Lipinski definition) is 24. The predicted octanol–water partition coefficient (Wildman–Crippen LogP) is -3.18. The molecule has 0 bridgehead atoms. The largest absolute Gasteiger partial charge is 4.00 e. The third-order valence-corrected chi connectivity index (χ3v) is 18.4. The first kappa shape index (κ1) is 67.1. The van der Waals surface area contributed by atoms with Crippen molar-refractivity contribution in [2.45, 2.75) is 0 Å². The summed E-state index contributed by atoms with van der Waals surface area (Å²) in [6.07, 6.45) is 0. The molecule has 0 fully saturated rings. The zero-order valence-electron chi connectivity index (χ0n) is 31.3. The van der Waals surface area contributed by atoms with Crippen molar-refractivity contribution in [2.75, 3.05) is 23.6 Å². The maximum absolute atomic E-state index is 11.0. The van der Waals surface area contributed by atoms with Gasteiger partial charge < -0.3 is 95.1 Å². The van der Waals surface area contributed by atoms with Crippen molar-refractivity contribution in [1.29, 1.82) is 0 Å². The summed E-state index contributed by atoms with van der Waals surface area (Å²) >= 11 is 0. The van der Waals surface area contributed by atoms with Crippen molar-refractivity contribution in [3.63, 3.8) is 0 Å². The van der Waals surface area contributed by atoms with Crippen LogP contribution in [0.4, 0.5) is 0 Å². The van der Waals surface area contributed by atoms with Crippen molar-refractivity contribution < 1.29 is 113 Å². The standard InChI is InChI=1S/4C7H10O6P2.3Sn/c4*8-14(9,10)6-15(11,12)13-7-4-2-1-3-5-7;;;/h4*1-5H,6H2,(H,11,12)(H2,8,9,10);;;/q;;;;3*+4/p-12. The van der Waals surface area contributed by atoms with E-state index in [2.05, 4.69) is 18.1 Å². The Hall–Kier alpha value is -0.164. The van der Waals surface area contributed by atoms with Crippen molar-refractivity contribution in [3.8, 4) is 23.0 Å². The van der Waals surface area contributed by atoms with Gasteiger partial charge in [0.2, 0.25) is 0 Å². The van der Waals surface area contributed by atoms with Gasteiger partial charge in [-0.25, -0.2) is 0 Å². The van der Waals surface area contributed by atoms with Crippen molar-refractivity contribution in [2.24, 2.45) is 0 Å². The van der Waals surface area contributed by atoms with Crippen LogP contribution in [0.5, 0.6) is 23.0 Å². The van der Waals surface area contributed by atoms with Crippen LogP contribution in [0.25, 0.3) is 0 Å². The molecule has 0 aliphatic heterocycles. The Kier molecular flexibility index (Phi) is 31.6. The molecular formula is C28H28O24P8Sn3. The quantitative estimate of drug-likeness (QED) is 0.0788. The summed E-state index contributed by atoms with van der Waals surface area (Å²) in [5.41, 5.74) is 0. The van der Waals surface area contributed by atoms with E-state index >= 15 is 0 Å². The third-order valence-electron chi connectivity index (χ3n) is 5.34. The third kappa shape index (κ3) is 38.5. The SMILES string of the molecule is O=P([O-])([O-])CP(=O)([O-])Oc1ccccc1.O=P([O-])([O-])CP(=O)([O-])Oc1ccccc1.O=P([O-])([O-])CP(=O)([O-])Oc1ccccc1.O=P([O-])([O-])CP(=O)([O-])Oc1ccccc1.[Sn+4].[Sn+4].[Sn+4]. The van der Waals surface area contributed by atoms with Crippen LogP contribution in [0.2, 0.25) is 0 Å². The first-order chi connectivity index (χ1) is 27.1. The molecule has 0 saturated carbocycles. The van der Waals surface area contributed by atoms with Gasteiger partial charge >= 0.3 is 71.7 Å². The van der Waals surface area contributed by atoms with Gasteiger partial charge in [0.1, 0.15) is 23.0 Å². The maximum Gasteiger partial charge on any atom is 4.00 e. The zero-order chi connectivity index (χ0) is 46.1. The molecule has 0 amide bonds. The summed E-state index contributed by atoms with van der Waals surface area (Å²) < 4.78 is 103. The molecule has 0 radical (unpaired) electrons. The normalized spacial score (nSPS) is 14.9. The monoisotopic (exact) mass is 1360 g/mol. The zero-order valence-corrected chi connectivity index (χ0v) is 47.0. The Morgan fingerprint density at radius 1 is 0.270 bits per heavy atom. The molecule has 4 aromatic rings. The van der Waals surface area contributed by atoms with E-state index in [-0.39, 0.29) is 94.7 Å². The fourth-order valence-corrected chi connectivity index (χ4v) is 13.0. The average molecular weight is 1350 g/mol. The van der Waals surface area contributed by atoms with E-state index in [0.29, 0.717) is 0 Å². The molecule has 24 nitrogen and oxygen atoms in total. The van der Waals surface area contributed by atoms with Gasteiger partial charge in [-0.1, -0.05) is 103 Å². The van der Waals surface area contributed by atoms with E-state index in [1.807, 2.05) is 0 Å². The van der Waals surface area contributed by atoms with Crippen LogP contribution in [0.1, 0.15) is 0 Å². The summed E-state index contributed by atoms with van der Waals surface area (Å²) in [5, 5.41) is 0. The summed E-state index contributed by atoms with van der Waals surface area (Å²) in [4.78, 5) is 126. The van der Waals surface area contributed by atoms with Crippen molar-refractivity contribution in [1.82, 2.24) is 0 Å². The van der Waals surface area contributed by atoms with Gasteiger partial charge in [0.15, 0.2) is 30.4 Å². The van der Waals surface area contributed by atoms with Gasteiger partial charge in [0.05, 0.1) is 23.6 Å². The molecule has 0 aliphatic rings. The smallest absolute Gasteiger partial charge is 0.810 e. The van der Waals surface area contributed by atoms with Gasteiger partial charge in [-0.15, -0.1) is 0 Å². The minimum atomic E-state index is -5.12. The Labute approximate surface area is 410 Å². The fraction of sp³-hybridized carbons (Fsp3) is 0.143. The van der Waals surface area contributed by atoms with E-state index in [9.17, 15) is 95.2 Å². The Morgan fingerprint density at radius 3 is 0.508 bits per heavy atom. The van der Waals surface area contributed by atoms with Crippen LogP contribution in [0.3, 0.4) is 0 Å². The Morgan fingerprint density at radius 2 is 0.397 bits per heavy atom. The second kappa shape index (κ2) is 29.7. The van der Waals surface area contributed by atoms with Gasteiger partial charge in [-0.3, -0.25) is 18.3 Å². The summed E-state index contributed by atoms with van der Waals surface area (Å²) in [5.74, 6) is -6.17. The second-order valence-electron chi connectivity index (χ2n) is 11.1. The molecular weight excluding hydrogens is 1320 g/mol. The molecule has 4 unspecified atom stereocenters. The van der Waals surface area contributed by atoms with E-state index in [0.717, 1.165) is 0 Å². The van der Waals surface area contributed by atoms with Crippen LogP contribution in [-0.4, -0.2) is 95.3 Å². The van der Waals surface area contributed by atoms with Crippen molar-refractivity contribution in [3.05, 3.63) is 121 Å². The molecule has 0 aromatic heterocycles. The topological polar surface area (TPSA) is 450 Å². The number of benzene rings is 4. The predicted molar refractivity (Wildman–Crippen MR) is 206 cm³/mol. The van der Waals surface area contributed by atoms with Gasteiger partial charge in [-0.05, 0) is 48.5 Å². The minimum absolute atomic E-state index is 0. The van der Waals surface area contributed by atoms with Crippen LogP contribution < -0.4 is 76.8 Å². The molecule has 0 N–H and O–H groups in total. The van der Waals surface area contributed by atoms with Gasteiger partial charge in [0, 0.05) is 0 Å². The van der Waals surface area contributed by atoms with Crippen LogP contribution in [-0.2, 0) is 36.5 Å². The summed E-state index contributed by atoms with van der Waals surface area (Å²) in [7, 11) is -39.2. The first-order valence-electron chi connectivity index (χ1n) is 15.4. The average Bonchev–Trinajstić information content (AvgIpc) is 3.02. The minimum Gasteiger partial charge on any atom is -0.810 e. The van der Waals surface area contributed by atoms with E-state index in [1.54, 1.807) is 24.3 Å². The number of hydrogen-bond donors (Lipinski definition) is 0. The molecule has 4 rings (SSSR count). The summed E-state index contributed by atoms with van der Waals surface area (Å²) in [6, 6.07) is 29.4. The van der Waals surface area contributed by atoms with Crippen LogP contribution in [0, 0.1) is 0 Å². The maximum atomic E-state index is 11.0. The summed E-state index contributed by atoms with van der Waals surface area (Å²) in [6.45, 7) is 0. The first-order valence-corrected chi connectivity index (χ1v) is 29.2. The molecule has 0 spiro atoms. The molecule has 35 heteroatoms. The Bertz CT molecular complexity index is 1990. The van der Waals surface area contributed by atoms with Crippen molar-refractivity contribution >= 4 is 132 Å². The molecule has 4 atom stereocenters. The molecule has 0 heterocycles. The number of rotatable bonds is 16. The fourth-order valence-electron chi connectivity index (χ4n) is 3.53. The molecule has 0 saturated heterocycles. The molecule has 4 aromatic carbocycles.